The van der Waals surface area contributed by atoms with Crippen molar-refractivity contribution in [1.82, 2.24) is 14.9 Å². The molecule has 5 nitrogen and oxygen atoms in total. The number of nitrogens with zero attached hydrogens (tertiary/aromatic N) is 3. The molecule has 3 atom stereocenters. The van der Waals surface area contributed by atoms with E-state index >= 15 is 0 Å². The first kappa shape index (κ1) is 16.6. The van der Waals surface area contributed by atoms with Crippen molar-refractivity contribution in [2.24, 2.45) is 0 Å². The van der Waals surface area contributed by atoms with E-state index in [1.165, 1.54) is 6.42 Å². The fourth-order valence-electron chi connectivity index (χ4n) is 3.89. The highest BCUT2D eigenvalue weighted by Crippen LogP contribution is 2.32. The molecule has 25 heavy (non-hydrogen) atoms. The standard InChI is InChI=1S/C20H25N3O2/c1-2-9-22-17(3-1)13-23-12-8-20-19(23)5-4-18(25-20)15-24-14-16-6-10-21-11-7-16/h1-3,6-7,9-11,18-20H,4-5,8,12-15H2/t18-,19-,20-/m0/s1. The topological polar surface area (TPSA) is 47.5 Å². The van der Waals surface area contributed by atoms with Gasteiger partial charge in [0.2, 0.25) is 0 Å². The van der Waals surface area contributed by atoms with Crippen LogP contribution in [0.4, 0.5) is 0 Å². The number of rotatable bonds is 6. The van der Waals surface area contributed by atoms with Gasteiger partial charge >= 0.3 is 0 Å². The van der Waals surface area contributed by atoms with Crippen LogP contribution < -0.4 is 0 Å². The summed E-state index contributed by atoms with van der Waals surface area (Å²) in [5, 5.41) is 0. The first-order valence-electron chi connectivity index (χ1n) is 9.14. The minimum atomic E-state index is 0.220. The van der Waals surface area contributed by atoms with Gasteiger partial charge in [0.1, 0.15) is 0 Å². The SMILES string of the molecule is c1ccc(CN2CC[C@@H]3O[C@H](COCc4ccncc4)CC[C@@H]32)nc1. The Balaban J connectivity index is 1.24. The normalized spacial score (nSPS) is 26.5. The molecule has 0 spiro atoms. The lowest BCUT2D eigenvalue weighted by atomic mass is 9.99. The average Bonchev–Trinajstić information content (AvgIpc) is 3.06. The van der Waals surface area contributed by atoms with Crippen molar-refractivity contribution in [3.05, 3.63) is 60.2 Å². The van der Waals surface area contributed by atoms with Gasteiger partial charge in [-0.3, -0.25) is 14.9 Å². The number of hydrogen-bond donors (Lipinski definition) is 0. The van der Waals surface area contributed by atoms with Gasteiger partial charge in [-0.2, -0.15) is 0 Å². The van der Waals surface area contributed by atoms with Crippen LogP contribution in [0.5, 0.6) is 0 Å². The van der Waals surface area contributed by atoms with Crippen LogP contribution in [0, 0.1) is 0 Å². The van der Waals surface area contributed by atoms with Gasteiger partial charge in [0.25, 0.3) is 0 Å². The number of aromatic nitrogens is 2. The van der Waals surface area contributed by atoms with E-state index < -0.39 is 0 Å². The maximum atomic E-state index is 6.32. The van der Waals surface area contributed by atoms with Crippen molar-refractivity contribution < 1.29 is 9.47 Å². The number of hydrogen-bond acceptors (Lipinski definition) is 5. The van der Waals surface area contributed by atoms with Gasteiger partial charge in [0, 0.05) is 37.7 Å². The van der Waals surface area contributed by atoms with E-state index in [-0.39, 0.29) is 6.10 Å². The van der Waals surface area contributed by atoms with E-state index in [0.717, 1.165) is 37.2 Å². The van der Waals surface area contributed by atoms with Gasteiger partial charge in [-0.05, 0) is 49.1 Å². The van der Waals surface area contributed by atoms with Gasteiger partial charge in [0.15, 0.2) is 0 Å². The fourth-order valence-corrected chi connectivity index (χ4v) is 3.89. The van der Waals surface area contributed by atoms with Gasteiger partial charge in [-0.15, -0.1) is 0 Å². The highest BCUT2D eigenvalue weighted by molar-refractivity contribution is 5.08. The van der Waals surface area contributed by atoms with Crippen LogP contribution in [0.1, 0.15) is 30.5 Å². The minimum Gasteiger partial charge on any atom is -0.374 e. The summed E-state index contributed by atoms with van der Waals surface area (Å²) in [6.45, 7) is 3.32. The lowest BCUT2D eigenvalue weighted by Gasteiger charge is -2.35. The van der Waals surface area contributed by atoms with Crippen molar-refractivity contribution in [2.45, 2.75) is 50.7 Å². The molecular weight excluding hydrogens is 314 g/mol. The number of fused-ring (bicyclic) bond motifs is 1. The van der Waals surface area contributed by atoms with Crippen LogP contribution in [0.25, 0.3) is 0 Å². The quantitative estimate of drug-likeness (QED) is 0.810. The zero-order valence-electron chi connectivity index (χ0n) is 14.5. The van der Waals surface area contributed by atoms with Gasteiger partial charge in [0.05, 0.1) is 31.1 Å². The van der Waals surface area contributed by atoms with Crippen molar-refractivity contribution >= 4 is 0 Å². The largest absolute Gasteiger partial charge is 0.374 e. The average molecular weight is 339 g/mol. The summed E-state index contributed by atoms with van der Waals surface area (Å²) in [5.41, 5.74) is 2.30. The second-order valence-electron chi connectivity index (χ2n) is 6.89. The molecule has 4 rings (SSSR count). The van der Waals surface area contributed by atoms with E-state index in [4.69, 9.17) is 9.47 Å². The highest BCUT2D eigenvalue weighted by Gasteiger charge is 2.39. The maximum Gasteiger partial charge on any atom is 0.0813 e. The summed E-state index contributed by atoms with van der Waals surface area (Å²) < 4.78 is 12.2. The van der Waals surface area contributed by atoms with Gasteiger partial charge in [-0.1, -0.05) is 6.07 Å². The molecule has 2 aromatic heterocycles. The summed E-state index contributed by atoms with van der Waals surface area (Å²) >= 11 is 0. The van der Waals surface area contributed by atoms with E-state index in [2.05, 4.69) is 27.0 Å². The smallest absolute Gasteiger partial charge is 0.0813 e. The van der Waals surface area contributed by atoms with Crippen LogP contribution in [0.15, 0.2) is 48.9 Å². The molecule has 2 saturated heterocycles. The zero-order chi connectivity index (χ0) is 16.9. The molecule has 2 aliphatic heterocycles. The third-order valence-corrected chi connectivity index (χ3v) is 5.16. The van der Waals surface area contributed by atoms with Crippen LogP contribution in [-0.4, -0.2) is 46.3 Å². The molecule has 0 radical (unpaired) electrons. The molecular formula is C20H25N3O2. The van der Waals surface area contributed by atoms with Crippen molar-refractivity contribution in [1.29, 1.82) is 0 Å². The minimum absolute atomic E-state index is 0.220. The number of ether oxygens (including phenoxy) is 2. The predicted molar refractivity (Wildman–Crippen MR) is 94.8 cm³/mol. The summed E-state index contributed by atoms with van der Waals surface area (Å²) in [6, 6.07) is 10.6. The second-order valence-corrected chi connectivity index (χ2v) is 6.89. The third kappa shape index (κ3) is 4.24. The summed E-state index contributed by atoms with van der Waals surface area (Å²) in [6.07, 6.45) is 9.39. The first-order valence-corrected chi connectivity index (χ1v) is 9.14. The van der Waals surface area contributed by atoms with E-state index in [1.54, 1.807) is 12.4 Å². The maximum absolute atomic E-state index is 6.32. The molecule has 0 bridgehead atoms. The summed E-state index contributed by atoms with van der Waals surface area (Å²) in [4.78, 5) is 11.0. The Bertz CT molecular complexity index is 653. The van der Waals surface area contributed by atoms with Gasteiger partial charge in [-0.25, -0.2) is 0 Å². The zero-order valence-corrected chi connectivity index (χ0v) is 14.5. The Morgan fingerprint density at radius 3 is 2.84 bits per heavy atom. The monoisotopic (exact) mass is 339 g/mol. The molecule has 2 fully saturated rings. The predicted octanol–water partition coefficient (Wildman–Crippen LogP) is 2.82. The summed E-state index contributed by atoms with van der Waals surface area (Å²) in [5.74, 6) is 0. The Morgan fingerprint density at radius 1 is 1.08 bits per heavy atom. The van der Waals surface area contributed by atoms with E-state index in [9.17, 15) is 0 Å². The lowest BCUT2D eigenvalue weighted by Crippen LogP contribution is -2.43. The molecule has 0 amide bonds. The molecule has 0 aromatic carbocycles. The molecule has 2 aromatic rings. The Kier molecular flexibility index (Phi) is 5.35. The molecule has 132 valence electrons. The molecule has 5 heteroatoms. The van der Waals surface area contributed by atoms with Crippen molar-refractivity contribution in [3.8, 4) is 0 Å². The number of likely N-dealkylation sites (tertiary alicyclic amines) is 1. The molecule has 0 N–H and O–H groups in total. The van der Waals surface area contributed by atoms with Crippen LogP contribution in [0.2, 0.25) is 0 Å². The van der Waals surface area contributed by atoms with Crippen LogP contribution in [0.3, 0.4) is 0 Å². The van der Waals surface area contributed by atoms with Gasteiger partial charge < -0.3 is 9.47 Å². The number of pyridine rings is 2. The van der Waals surface area contributed by atoms with Crippen molar-refractivity contribution in [3.63, 3.8) is 0 Å². The Morgan fingerprint density at radius 2 is 2.00 bits per heavy atom. The molecule has 0 aliphatic carbocycles. The molecule has 0 unspecified atom stereocenters. The molecule has 2 aliphatic rings. The third-order valence-electron chi connectivity index (χ3n) is 5.16. The Labute approximate surface area is 149 Å². The Hall–Kier alpha value is -1.82. The second kappa shape index (κ2) is 8.04. The molecule has 4 heterocycles. The lowest BCUT2D eigenvalue weighted by molar-refractivity contribution is -0.102. The van der Waals surface area contributed by atoms with E-state index in [1.807, 2.05) is 24.4 Å². The van der Waals surface area contributed by atoms with E-state index in [0.29, 0.717) is 25.4 Å². The molecule has 0 saturated carbocycles. The van der Waals surface area contributed by atoms with Crippen LogP contribution >= 0.6 is 0 Å². The van der Waals surface area contributed by atoms with Crippen molar-refractivity contribution in [2.75, 3.05) is 13.2 Å². The fraction of sp³-hybridized carbons (Fsp3) is 0.500. The first-order chi connectivity index (χ1) is 12.4. The summed E-state index contributed by atoms with van der Waals surface area (Å²) in [7, 11) is 0. The highest BCUT2D eigenvalue weighted by atomic mass is 16.5. The van der Waals surface area contributed by atoms with Crippen LogP contribution in [-0.2, 0) is 22.6 Å².